The van der Waals surface area contributed by atoms with Crippen LogP contribution in [0.2, 0.25) is 0 Å². The first-order valence-corrected chi connectivity index (χ1v) is 6.99. The summed E-state index contributed by atoms with van der Waals surface area (Å²) in [6.45, 7) is 2.96. The van der Waals surface area contributed by atoms with Crippen LogP contribution >= 0.6 is 0 Å². The molecule has 20 heavy (non-hydrogen) atoms. The van der Waals surface area contributed by atoms with Crippen LogP contribution in [-0.4, -0.2) is 31.5 Å². The van der Waals surface area contributed by atoms with Gasteiger partial charge in [0.05, 0.1) is 18.6 Å². The van der Waals surface area contributed by atoms with Gasteiger partial charge in [-0.2, -0.15) is 0 Å². The zero-order valence-corrected chi connectivity index (χ0v) is 12.1. The molecule has 4 nitrogen and oxygen atoms in total. The average molecular weight is 275 g/mol. The minimum atomic E-state index is -0.430. The summed E-state index contributed by atoms with van der Waals surface area (Å²) in [6.07, 6.45) is 4.10. The van der Waals surface area contributed by atoms with Crippen molar-refractivity contribution in [3.05, 3.63) is 35.4 Å². The predicted molar refractivity (Wildman–Crippen MR) is 77.3 cm³/mol. The summed E-state index contributed by atoms with van der Waals surface area (Å²) in [4.78, 5) is 0. The molecule has 0 saturated carbocycles. The second-order valence-corrected chi connectivity index (χ2v) is 5.71. The first-order chi connectivity index (χ1) is 9.60. The summed E-state index contributed by atoms with van der Waals surface area (Å²) >= 11 is 0. The molecule has 0 saturated heterocycles. The molecule has 0 spiro atoms. The fraction of sp³-hybridized carbons (Fsp3) is 0.500. The Morgan fingerprint density at radius 2 is 2.30 bits per heavy atom. The first kappa shape index (κ1) is 13.5. The smallest absolute Gasteiger partial charge is 0.166 e. The van der Waals surface area contributed by atoms with Gasteiger partial charge in [-0.1, -0.05) is 18.2 Å². The Labute approximate surface area is 119 Å². The van der Waals surface area contributed by atoms with E-state index in [0.717, 1.165) is 18.0 Å². The van der Waals surface area contributed by atoms with Gasteiger partial charge in [0.1, 0.15) is 6.10 Å². The molecule has 108 valence electrons. The summed E-state index contributed by atoms with van der Waals surface area (Å²) in [5.74, 6) is 1.59. The van der Waals surface area contributed by atoms with Crippen LogP contribution in [0.1, 0.15) is 24.5 Å². The molecule has 0 radical (unpaired) electrons. The van der Waals surface area contributed by atoms with Crippen molar-refractivity contribution in [3.8, 4) is 11.5 Å². The van der Waals surface area contributed by atoms with Gasteiger partial charge in [0.2, 0.25) is 0 Å². The van der Waals surface area contributed by atoms with E-state index in [9.17, 15) is 5.11 Å². The molecule has 0 amide bonds. The summed E-state index contributed by atoms with van der Waals surface area (Å²) in [5, 5.41) is 13.0. The fourth-order valence-electron chi connectivity index (χ4n) is 3.33. The highest BCUT2D eigenvalue weighted by molar-refractivity contribution is 5.60. The van der Waals surface area contributed by atoms with Crippen molar-refractivity contribution in [2.75, 3.05) is 14.2 Å². The highest BCUT2D eigenvalue weighted by atomic mass is 16.5. The zero-order chi connectivity index (χ0) is 14.3. The summed E-state index contributed by atoms with van der Waals surface area (Å²) in [6, 6.07) is 4.04. The lowest BCUT2D eigenvalue weighted by Gasteiger charge is -2.33. The Morgan fingerprint density at radius 1 is 1.50 bits per heavy atom. The molecule has 2 N–H and O–H groups in total. The number of hydrogen-bond donors (Lipinski definition) is 2. The van der Waals surface area contributed by atoms with E-state index in [1.165, 1.54) is 11.1 Å². The van der Waals surface area contributed by atoms with Gasteiger partial charge in [0, 0.05) is 18.5 Å². The van der Waals surface area contributed by atoms with E-state index in [1.807, 2.05) is 19.2 Å². The molecule has 0 unspecified atom stereocenters. The topological polar surface area (TPSA) is 50.7 Å². The van der Waals surface area contributed by atoms with Crippen LogP contribution in [-0.2, 0) is 12.0 Å². The number of aliphatic hydroxyl groups excluding tert-OH is 1. The monoisotopic (exact) mass is 275 g/mol. The van der Waals surface area contributed by atoms with Crippen LogP contribution in [0.25, 0.3) is 0 Å². The Bertz CT molecular complexity index is 555. The van der Waals surface area contributed by atoms with Gasteiger partial charge in [-0.05, 0) is 25.6 Å². The van der Waals surface area contributed by atoms with E-state index >= 15 is 0 Å². The molecule has 0 bridgehead atoms. The molecule has 3 atom stereocenters. The van der Waals surface area contributed by atoms with E-state index in [0.29, 0.717) is 6.42 Å². The van der Waals surface area contributed by atoms with Crippen LogP contribution in [0.3, 0.4) is 0 Å². The number of benzene rings is 1. The molecule has 1 aliphatic carbocycles. The second kappa shape index (κ2) is 4.79. The van der Waals surface area contributed by atoms with Crippen molar-refractivity contribution in [1.82, 2.24) is 5.32 Å². The quantitative estimate of drug-likeness (QED) is 0.825. The Balaban J connectivity index is 2.16. The molecule has 1 aromatic carbocycles. The summed E-state index contributed by atoms with van der Waals surface area (Å²) in [7, 11) is 3.60. The predicted octanol–water partition coefficient (Wildman–Crippen LogP) is 1.75. The molecule has 0 aromatic heterocycles. The lowest BCUT2D eigenvalue weighted by molar-refractivity contribution is 0.0932. The van der Waals surface area contributed by atoms with Gasteiger partial charge >= 0.3 is 0 Å². The van der Waals surface area contributed by atoms with Gasteiger partial charge in [-0.25, -0.2) is 0 Å². The molecular formula is C16H21NO3. The number of ether oxygens (including phenoxy) is 2. The Kier molecular flexibility index (Phi) is 3.22. The van der Waals surface area contributed by atoms with E-state index in [2.05, 4.69) is 24.4 Å². The standard InChI is InChI=1S/C16H21NO3/c1-16-7-6-11(18)8-13(16)20-15-12(19-3)5-4-10(9-17-2)14(15)16/h4-7,11,13,17-18H,8-9H2,1-3H3/t11-,13-,16+/m0/s1. The minimum Gasteiger partial charge on any atom is -0.493 e. The normalized spacial score (nSPS) is 30.6. The number of aliphatic hydroxyl groups is 1. The van der Waals surface area contributed by atoms with Gasteiger partial charge in [0.15, 0.2) is 11.5 Å². The first-order valence-electron chi connectivity index (χ1n) is 6.99. The zero-order valence-electron chi connectivity index (χ0n) is 12.1. The lowest BCUT2D eigenvalue weighted by atomic mass is 9.72. The number of nitrogens with one attached hydrogen (secondary N) is 1. The van der Waals surface area contributed by atoms with Crippen molar-refractivity contribution >= 4 is 0 Å². The number of methoxy groups -OCH3 is 1. The molecule has 1 aliphatic heterocycles. The molecule has 1 heterocycles. The fourth-order valence-corrected chi connectivity index (χ4v) is 3.33. The maximum atomic E-state index is 9.84. The highest BCUT2D eigenvalue weighted by Gasteiger charge is 2.48. The van der Waals surface area contributed by atoms with Crippen molar-refractivity contribution in [2.24, 2.45) is 0 Å². The third-order valence-electron chi connectivity index (χ3n) is 4.38. The second-order valence-electron chi connectivity index (χ2n) is 5.71. The van der Waals surface area contributed by atoms with Gasteiger partial charge in [-0.3, -0.25) is 0 Å². The largest absolute Gasteiger partial charge is 0.493 e. The van der Waals surface area contributed by atoms with E-state index in [4.69, 9.17) is 9.47 Å². The molecule has 0 fully saturated rings. The molecule has 1 aromatic rings. The van der Waals surface area contributed by atoms with Crippen molar-refractivity contribution in [1.29, 1.82) is 0 Å². The number of hydrogen-bond acceptors (Lipinski definition) is 4. The van der Waals surface area contributed by atoms with Crippen LogP contribution < -0.4 is 14.8 Å². The van der Waals surface area contributed by atoms with Gasteiger partial charge in [-0.15, -0.1) is 0 Å². The van der Waals surface area contributed by atoms with Crippen LogP contribution in [0.4, 0.5) is 0 Å². The summed E-state index contributed by atoms with van der Waals surface area (Å²) < 4.78 is 11.6. The van der Waals surface area contributed by atoms with Crippen molar-refractivity contribution < 1.29 is 14.6 Å². The van der Waals surface area contributed by atoms with Crippen LogP contribution in [0.5, 0.6) is 11.5 Å². The van der Waals surface area contributed by atoms with Crippen molar-refractivity contribution in [2.45, 2.75) is 37.5 Å². The number of fused-ring (bicyclic) bond motifs is 3. The van der Waals surface area contributed by atoms with Gasteiger partial charge in [0.25, 0.3) is 0 Å². The third kappa shape index (κ3) is 1.83. The highest BCUT2D eigenvalue weighted by Crippen LogP contribution is 2.52. The maximum absolute atomic E-state index is 9.84. The average Bonchev–Trinajstić information content (AvgIpc) is 2.73. The Morgan fingerprint density at radius 3 is 3.00 bits per heavy atom. The summed E-state index contributed by atoms with van der Waals surface area (Å²) in [5.41, 5.74) is 2.20. The maximum Gasteiger partial charge on any atom is 0.166 e. The van der Waals surface area contributed by atoms with E-state index in [-0.39, 0.29) is 11.5 Å². The van der Waals surface area contributed by atoms with E-state index in [1.54, 1.807) is 7.11 Å². The van der Waals surface area contributed by atoms with E-state index < -0.39 is 6.10 Å². The SMILES string of the molecule is CNCc1ccc(OC)c2c1[C@]1(C)C=C[C@H](O)C[C@@H]1O2. The molecule has 4 heteroatoms. The molecule has 2 aliphatic rings. The molecule has 3 rings (SSSR count). The number of rotatable bonds is 3. The van der Waals surface area contributed by atoms with Gasteiger partial charge < -0.3 is 19.9 Å². The van der Waals surface area contributed by atoms with Crippen molar-refractivity contribution in [3.63, 3.8) is 0 Å². The van der Waals surface area contributed by atoms with Crippen LogP contribution in [0, 0.1) is 0 Å². The lowest BCUT2D eigenvalue weighted by Crippen LogP contribution is -2.39. The molecular weight excluding hydrogens is 254 g/mol. The minimum absolute atomic E-state index is 0.0376. The third-order valence-corrected chi connectivity index (χ3v) is 4.38. The Hall–Kier alpha value is -1.52. The van der Waals surface area contributed by atoms with Crippen LogP contribution in [0.15, 0.2) is 24.3 Å².